The Bertz CT molecular complexity index is 695. The SMILES string of the molecule is CCc1ccc(Cn2ccnc2-c2ccc(N)cc2)s1. The number of benzene rings is 1. The van der Waals surface area contributed by atoms with Crippen molar-refractivity contribution < 1.29 is 0 Å². The number of aryl methyl sites for hydroxylation is 1. The molecule has 0 bridgehead atoms. The number of hydrogen-bond donors (Lipinski definition) is 1. The number of aromatic nitrogens is 2. The predicted molar refractivity (Wildman–Crippen MR) is 84.9 cm³/mol. The van der Waals surface area contributed by atoms with E-state index >= 15 is 0 Å². The molecule has 2 aromatic heterocycles. The molecule has 3 rings (SSSR count). The number of hydrogen-bond acceptors (Lipinski definition) is 3. The first-order chi connectivity index (χ1) is 9.76. The minimum atomic E-state index is 0.776. The molecule has 0 radical (unpaired) electrons. The summed E-state index contributed by atoms with van der Waals surface area (Å²) in [5, 5.41) is 0. The number of nitrogens with zero attached hydrogens (tertiary/aromatic N) is 2. The van der Waals surface area contributed by atoms with E-state index in [9.17, 15) is 0 Å². The van der Waals surface area contributed by atoms with E-state index in [0.717, 1.165) is 30.0 Å². The molecule has 3 aromatic rings. The molecular weight excluding hydrogens is 266 g/mol. The van der Waals surface area contributed by atoms with Crippen LogP contribution in [0.3, 0.4) is 0 Å². The summed E-state index contributed by atoms with van der Waals surface area (Å²) in [4.78, 5) is 7.25. The van der Waals surface area contributed by atoms with Gasteiger partial charge in [-0.05, 0) is 42.8 Å². The van der Waals surface area contributed by atoms with Crippen molar-refractivity contribution in [2.75, 3.05) is 5.73 Å². The zero-order chi connectivity index (χ0) is 13.9. The summed E-state index contributed by atoms with van der Waals surface area (Å²) in [5.74, 6) is 0.983. The minimum Gasteiger partial charge on any atom is -0.399 e. The summed E-state index contributed by atoms with van der Waals surface area (Å²) in [6.45, 7) is 3.05. The van der Waals surface area contributed by atoms with Crippen molar-refractivity contribution in [2.45, 2.75) is 19.9 Å². The van der Waals surface area contributed by atoms with Gasteiger partial charge in [0.2, 0.25) is 0 Å². The normalized spacial score (nSPS) is 10.8. The molecule has 0 spiro atoms. The maximum absolute atomic E-state index is 5.73. The molecule has 4 heteroatoms. The molecule has 0 unspecified atom stereocenters. The third kappa shape index (κ3) is 2.60. The second kappa shape index (κ2) is 5.51. The van der Waals surface area contributed by atoms with E-state index < -0.39 is 0 Å². The van der Waals surface area contributed by atoms with Crippen molar-refractivity contribution in [3.63, 3.8) is 0 Å². The fraction of sp³-hybridized carbons (Fsp3) is 0.188. The molecule has 0 aliphatic carbocycles. The summed E-state index contributed by atoms with van der Waals surface area (Å²) < 4.78 is 2.18. The summed E-state index contributed by atoms with van der Waals surface area (Å²) in [6, 6.07) is 12.3. The standard InChI is InChI=1S/C16H17N3S/c1-2-14-7-8-15(20-14)11-19-10-9-18-16(19)12-3-5-13(17)6-4-12/h3-10H,2,11,17H2,1H3. The van der Waals surface area contributed by atoms with Crippen LogP contribution in [0.25, 0.3) is 11.4 Å². The van der Waals surface area contributed by atoms with Gasteiger partial charge in [-0.15, -0.1) is 11.3 Å². The van der Waals surface area contributed by atoms with E-state index in [1.807, 2.05) is 48.0 Å². The van der Waals surface area contributed by atoms with Gasteiger partial charge in [-0.2, -0.15) is 0 Å². The van der Waals surface area contributed by atoms with Crippen LogP contribution >= 0.6 is 11.3 Å². The Morgan fingerprint density at radius 2 is 1.85 bits per heavy atom. The molecular formula is C16H17N3S. The van der Waals surface area contributed by atoms with Crippen LogP contribution in [0.5, 0.6) is 0 Å². The molecule has 3 nitrogen and oxygen atoms in total. The highest BCUT2D eigenvalue weighted by molar-refractivity contribution is 7.11. The first-order valence-electron chi connectivity index (χ1n) is 6.71. The fourth-order valence-corrected chi connectivity index (χ4v) is 3.15. The molecule has 0 aliphatic heterocycles. The van der Waals surface area contributed by atoms with E-state index in [-0.39, 0.29) is 0 Å². The molecule has 0 saturated carbocycles. The molecule has 1 aromatic carbocycles. The molecule has 0 fully saturated rings. The second-order valence-electron chi connectivity index (χ2n) is 4.72. The largest absolute Gasteiger partial charge is 0.399 e. The zero-order valence-corrected chi connectivity index (χ0v) is 12.2. The van der Waals surface area contributed by atoms with Crippen LogP contribution in [0.15, 0.2) is 48.8 Å². The van der Waals surface area contributed by atoms with Crippen molar-refractivity contribution in [3.8, 4) is 11.4 Å². The van der Waals surface area contributed by atoms with Crippen molar-refractivity contribution in [3.05, 3.63) is 58.5 Å². The minimum absolute atomic E-state index is 0.776. The molecule has 0 saturated heterocycles. The van der Waals surface area contributed by atoms with Crippen LogP contribution in [-0.4, -0.2) is 9.55 Å². The van der Waals surface area contributed by atoms with E-state index in [2.05, 4.69) is 28.6 Å². The van der Waals surface area contributed by atoms with Gasteiger partial charge < -0.3 is 10.3 Å². The van der Waals surface area contributed by atoms with Gasteiger partial charge in [0.25, 0.3) is 0 Å². The molecule has 102 valence electrons. The topological polar surface area (TPSA) is 43.8 Å². The Kier molecular flexibility index (Phi) is 3.56. The number of nitrogens with two attached hydrogens (primary N) is 1. The number of nitrogen functional groups attached to an aromatic ring is 1. The lowest BCUT2D eigenvalue weighted by atomic mass is 10.2. The highest BCUT2D eigenvalue weighted by atomic mass is 32.1. The van der Waals surface area contributed by atoms with E-state index in [4.69, 9.17) is 5.73 Å². The zero-order valence-electron chi connectivity index (χ0n) is 11.4. The molecule has 2 heterocycles. The van der Waals surface area contributed by atoms with Crippen LogP contribution in [-0.2, 0) is 13.0 Å². The number of imidazole rings is 1. The maximum Gasteiger partial charge on any atom is 0.140 e. The van der Waals surface area contributed by atoms with Gasteiger partial charge in [-0.25, -0.2) is 4.98 Å². The van der Waals surface area contributed by atoms with Crippen LogP contribution < -0.4 is 5.73 Å². The van der Waals surface area contributed by atoms with Gasteiger partial charge in [-0.1, -0.05) is 6.92 Å². The lowest BCUT2D eigenvalue weighted by Gasteiger charge is -2.07. The van der Waals surface area contributed by atoms with Crippen LogP contribution in [0.4, 0.5) is 5.69 Å². The first kappa shape index (κ1) is 12.9. The Hall–Kier alpha value is -2.07. The van der Waals surface area contributed by atoms with Crippen molar-refractivity contribution >= 4 is 17.0 Å². The Morgan fingerprint density at radius 3 is 2.55 bits per heavy atom. The highest BCUT2D eigenvalue weighted by Gasteiger charge is 2.07. The summed E-state index contributed by atoms with van der Waals surface area (Å²) in [6.07, 6.45) is 4.97. The van der Waals surface area contributed by atoms with Gasteiger partial charge in [0, 0.05) is 33.4 Å². The quantitative estimate of drug-likeness (QED) is 0.740. The van der Waals surface area contributed by atoms with Gasteiger partial charge >= 0.3 is 0 Å². The third-order valence-electron chi connectivity index (χ3n) is 3.28. The molecule has 2 N–H and O–H groups in total. The number of rotatable bonds is 4. The molecule has 0 amide bonds. The summed E-state index contributed by atoms with van der Waals surface area (Å²) >= 11 is 1.87. The monoisotopic (exact) mass is 283 g/mol. The van der Waals surface area contributed by atoms with Gasteiger partial charge in [0.15, 0.2) is 0 Å². The van der Waals surface area contributed by atoms with Crippen LogP contribution in [0.1, 0.15) is 16.7 Å². The van der Waals surface area contributed by atoms with E-state index in [1.165, 1.54) is 9.75 Å². The fourth-order valence-electron chi connectivity index (χ4n) is 2.19. The maximum atomic E-state index is 5.73. The Balaban J connectivity index is 1.88. The summed E-state index contributed by atoms with van der Waals surface area (Å²) in [5.41, 5.74) is 7.60. The summed E-state index contributed by atoms with van der Waals surface area (Å²) in [7, 11) is 0. The predicted octanol–water partition coefficient (Wildman–Crippen LogP) is 3.80. The third-order valence-corrected chi connectivity index (χ3v) is 4.49. The first-order valence-corrected chi connectivity index (χ1v) is 7.52. The molecule has 0 aliphatic rings. The highest BCUT2D eigenvalue weighted by Crippen LogP contribution is 2.23. The van der Waals surface area contributed by atoms with Crippen molar-refractivity contribution in [1.82, 2.24) is 9.55 Å². The number of anilines is 1. The van der Waals surface area contributed by atoms with Crippen molar-refractivity contribution in [2.24, 2.45) is 0 Å². The second-order valence-corrected chi connectivity index (χ2v) is 5.98. The molecule has 20 heavy (non-hydrogen) atoms. The smallest absolute Gasteiger partial charge is 0.140 e. The Morgan fingerprint density at radius 1 is 1.10 bits per heavy atom. The lowest BCUT2D eigenvalue weighted by Crippen LogP contribution is -1.99. The van der Waals surface area contributed by atoms with E-state index in [0.29, 0.717) is 0 Å². The van der Waals surface area contributed by atoms with Gasteiger partial charge in [0.1, 0.15) is 5.82 Å². The average Bonchev–Trinajstić information content (AvgIpc) is 3.09. The Labute approximate surface area is 122 Å². The number of thiophene rings is 1. The van der Waals surface area contributed by atoms with Gasteiger partial charge in [0.05, 0.1) is 6.54 Å². The van der Waals surface area contributed by atoms with Gasteiger partial charge in [-0.3, -0.25) is 0 Å². The van der Waals surface area contributed by atoms with Crippen LogP contribution in [0.2, 0.25) is 0 Å². The lowest BCUT2D eigenvalue weighted by molar-refractivity contribution is 0.820. The molecule has 0 atom stereocenters. The van der Waals surface area contributed by atoms with E-state index in [1.54, 1.807) is 0 Å². The van der Waals surface area contributed by atoms with Crippen molar-refractivity contribution in [1.29, 1.82) is 0 Å². The average molecular weight is 283 g/mol. The van der Waals surface area contributed by atoms with Crippen LogP contribution in [0, 0.1) is 0 Å².